The van der Waals surface area contributed by atoms with Crippen LogP contribution in [0.15, 0.2) is 63.0 Å². The van der Waals surface area contributed by atoms with Crippen LogP contribution in [0.5, 0.6) is 0 Å². The molecule has 0 saturated carbocycles. The van der Waals surface area contributed by atoms with Crippen molar-refractivity contribution in [1.29, 1.82) is 0 Å². The fraction of sp³-hybridized carbons (Fsp3) is 0.318. The molecule has 1 aliphatic heterocycles. The molecule has 3 aromatic rings. The maximum absolute atomic E-state index is 12.8. The number of nitrogens with zero attached hydrogens (tertiary/aromatic N) is 4. The lowest BCUT2D eigenvalue weighted by Gasteiger charge is -2.26. The van der Waals surface area contributed by atoms with Gasteiger partial charge in [-0.3, -0.25) is 4.79 Å². The van der Waals surface area contributed by atoms with E-state index in [0.29, 0.717) is 48.0 Å². The zero-order valence-electron chi connectivity index (χ0n) is 18.7. The molecule has 0 amide bonds. The Kier molecular flexibility index (Phi) is 7.31. The predicted molar refractivity (Wildman–Crippen MR) is 133 cm³/mol. The molecule has 180 valence electrons. The van der Waals surface area contributed by atoms with Crippen LogP contribution in [0.2, 0.25) is 0 Å². The lowest BCUT2D eigenvalue weighted by molar-refractivity contribution is 0.0730. The molecule has 3 heterocycles. The SMILES string of the molecule is CC(C)n1cccc(Nc2nc(Nc3ccc(S(=O)(=O)N4CCOCC4)cc3)ncc2Br)c1=O. The molecule has 1 aliphatic rings. The Hall–Kier alpha value is -2.80. The molecule has 1 aromatic carbocycles. The Balaban J connectivity index is 1.52. The Bertz CT molecular complexity index is 1320. The number of nitrogens with one attached hydrogen (secondary N) is 2. The zero-order chi connectivity index (χ0) is 24.3. The van der Waals surface area contributed by atoms with Gasteiger partial charge < -0.3 is 19.9 Å². The minimum atomic E-state index is -3.57. The number of morpholine rings is 1. The van der Waals surface area contributed by atoms with E-state index in [4.69, 9.17) is 4.74 Å². The summed E-state index contributed by atoms with van der Waals surface area (Å²) in [6.07, 6.45) is 3.31. The number of pyridine rings is 1. The molecule has 0 aliphatic carbocycles. The number of halogens is 1. The summed E-state index contributed by atoms with van der Waals surface area (Å²) in [6, 6.07) is 9.91. The first kappa shape index (κ1) is 24.3. The molecule has 34 heavy (non-hydrogen) atoms. The van der Waals surface area contributed by atoms with Crippen molar-refractivity contribution in [2.75, 3.05) is 36.9 Å². The fourth-order valence-corrected chi connectivity index (χ4v) is 5.13. The Labute approximate surface area is 206 Å². The summed E-state index contributed by atoms with van der Waals surface area (Å²) in [5.74, 6) is 0.706. The van der Waals surface area contributed by atoms with Crippen LogP contribution in [0.1, 0.15) is 19.9 Å². The van der Waals surface area contributed by atoms with Crippen LogP contribution in [0, 0.1) is 0 Å². The molecule has 10 nitrogen and oxygen atoms in total. The average molecular weight is 549 g/mol. The predicted octanol–water partition coefficient (Wildman–Crippen LogP) is 3.49. The topological polar surface area (TPSA) is 118 Å². The fourth-order valence-electron chi connectivity index (χ4n) is 3.43. The van der Waals surface area contributed by atoms with E-state index in [1.165, 1.54) is 4.31 Å². The third-order valence-corrected chi connectivity index (χ3v) is 7.74. The molecule has 0 bridgehead atoms. The second-order valence-corrected chi connectivity index (χ2v) is 10.7. The number of rotatable bonds is 7. The van der Waals surface area contributed by atoms with E-state index in [-0.39, 0.29) is 22.4 Å². The molecule has 1 saturated heterocycles. The molecule has 1 fully saturated rings. The molecule has 12 heteroatoms. The number of hydrogen-bond donors (Lipinski definition) is 2. The van der Waals surface area contributed by atoms with E-state index in [2.05, 4.69) is 36.5 Å². The smallest absolute Gasteiger partial charge is 0.274 e. The summed E-state index contributed by atoms with van der Waals surface area (Å²) in [6.45, 7) is 5.34. The van der Waals surface area contributed by atoms with Gasteiger partial charge in [-0.2, -0.15) is 9.29 Å². The van der Waals surface area contributed by atoms with Gasteiger partial charge in [0.15, 0.2) is 5.82 Å². The van der Waals surface area contributed by atoms with E-state index in [1.54, 1.807) is 53.4 Å². The van der Waals surface area contributed by atoms with Gasteiger partial charge in [-0.1, -0.05) is 0 Å². The van der Waals surface area contributed by atoms with Gasteiger partial charge in [-0.05, 0) is 66.2 Å². The highest BCUT2D eigenvalue weighted by Crippen LogP contribution is 2.25. The van der Waals surface area contributed by atoms with Crippen molar-refractivity contribution in [3.8, 4) is 0 Å². The second kappa shape index (κ2) is 10.2. The summed E-state index contributed by atoms with van der Waals surface area (Å²) in [5, 5.41) is 6.13. The Morgan fingerprint density at radius 2 is 1.79 bits per heavy atom. The number of sulfonamides is 1. The Morgan fingerprint density at radius 3 is 2.47 bits per heavy atom. The summed E-state index contributed by atoms with van der Waals surface area (Å²) >= 11 is 3.41. The first-order valence-electron chi connectivity index (χ1n) is 10.7. The van der Waals surface area contributed by atoms with Crippen molar-refractivity contribution < 1.29 is 13.2 Å². The van der Waals surface area contributed by atoms with Gasteiger partial charge in [0.1, 0.15) is 5.69 Å². The van der Waals surface area contributed by atoms with E-state index in [9.17, 15) is 13.2 Å². The summed E-state index contributed by atoms with van der Waals surface area (Å²) in [4.78, 5) is 21.6. The van der Waals surface area contributed by atoms with Gasteiger partial charge in [0.05, 0.1) is 22.6 Å². The zero-order valence-corrected chi connectivity index (χ0v) is 21.1. The number of benzene rings is 1. The van der Waals surface area contributed by atoms with Crippen molar-refractivity contribution in [1.82, 2.24) is 18.8 Å². The van der Waals surface area contributed by atoms with Crippen molar-refractivity contribution >= 4 is 49.1 Å². The number of anilines is 4. The van der Waals surface area contributed by atoms with Crippen molar-refractivity contribution in [3.05, 3.63) is 63.6 Å². The highest BCUT2D eigenvalue weighted by molar-refractivity contribution is 9.10. The van der Waals surface area contributed by atoms with Gasteiger partial charge in [-0.25, -0.2) is 13.4 Å². The van der Waals surface area contributed by atoms with Gasteiger partial charge in [0.25, 0.3) is 5.56 Å². The molecule has 2 N–H and O–H groups in total. The molecular weight excluding hydrogens is 524 g/mol. The van der Waals surface area contributed by atoms with Crippen LogP contribution in [0.4, 0.5) is 23.1 Å². The van der Waals surface area contributed by atoms with Gasteiger partial charge >= 0.3 is 0 Å². The largest absolute Gasteiger partial charge is 0.379 e. The molecule has 0 atom stereocenters. The monoisotopic (exact) mass is 548 g/mol. The summed E-state index contributed by atoms with van der Waals surface area (Å²) < 4.78 is 34.5. The van der Waals surface area contributed by atoms with Crippen LogP contribution < -0.4 is 16.2 Å². The number of hydrogen-bond acceptors (Lipinski definition) is 8. The minimum Gasteiger partial charge on any atom is -0.379 e. The highest BCUT2D eigenvalue weighted by Gasteiger charge is 2.26. The average Bonchev–Trinajstić information content (AvgIpc) is 2.83. The highest BCUT2D eigenvalue weighted by atomic mass is 79.9. The van der Waals surface area contributed by atoms with Gasteiger partial charge in [-0.15, -0.1) is 0 Å². The summed E-state index contributed by atoms with van der Waals surface area (Å²) in [5.41, 5.74) is 0.852. The van der Waals surface area contributed by atoms with Crippen LogP contribution in [-0.2, 0) is 14.8 Å². The standard InChI is InChI=1S/C22H25BrN6O4S/c1-15(2)29-9-3-4-19(21(29)30)26-20-18(23)14-24-22(27-20)25-16-5-7-17(8-6-16)34(31,32)28-10-12-33-13-11-28/h3-9,14-15H,10-13H2,1-2H3,(H2,24,25,26,27). The van der Waals surface area contributed by atoms with Gasteiger partial charge in [0, 0.05) is 37.2 Å². The minimum absolute atomic E-state index is 0.0235. The van der Waals surface area contributed by atoms with Crippen molar-refractivity contribution in [3.63, 3.8) is 0 Å². The third-order valence-electron chi connectivity index (χ3n) is 5.25. The lowest BCUT2D eigenvalue weighted by atomic mass is 10.3. The van der Waals surface area contributed by atoms with E-state index in [0.717, 1.165) is 0 Å². The molecular formula is C22H25BrN6O4S. The molecule has 0 radical (unpaired) electrons. The first-order chi connectivity index (χ1) is 16.3. The Morgan fingerprint density at radius 1 is 1.09 bits per heavy atom. The summed E-state index contributed by atoms with van der Waals surface area (Å²) in [7, 11) is -3.57. The van der Waals surface area contributed by atoms with E-state index in [1.807, 2.05) is 13.8 Å². The van der Waals surface area contributed by atoms with Crippen LogP contribution in [0.25, 0.3) is 0 Å². The second-order valence-electron chi connectivity index (χ2n) is 7.91. The molecule has 4 rings (SSSR count). The number of aromatic nitrogens is 3. The van der Waals surface area contributed by atoms with E-state index >= 15 is 0 Å². The normalized spacial score (nSPS) is 14.8. The molecule has 0 unspecified atom stereocenters. The quantitative estimate of drug-likeness (QED) is 0.460. The van der Waals surface area contributed by atoms with Crippen molar-refractivity contribution in [2.24, 2.45) is 0 Å². The van der Waals surface area contributed by atoms with Crippen LogP contribution in [0.3, 0.4) is 0 Å². The first-order valence-corrected chi connectivity index (χ1v) is 12.9. The number of ether oxygens (including phenoxy) is 1. The lowest BCUT2D eigenvalue weighted by Crippen LogP contribution is -2.40. The third kappa shape index (κ3) is 5.30. The van der Waals surface area contributed by atoms with Crippen LogP contribution in [-0.4, -0.2) is 53.6 Å². The maximum Gasteiger partial charge on any atom is 0.274 e. The molecule has 0 spiro atoms. The van der Waals surface area contributed by atoms with Gasteiger partial charge in [0.2, 0.25) is 16.0 Å². The van der Waals surface area contributed by atoms with E-state index < -0.39 is 10.0 Å². The van der Waals surface area contributed by atoms with Crippen LogP contribution >= 0.6 is 15.9 Å². The van der Waals surface area contributed by atoms with Crippen molar-refractivity contribution in [2.45, 2.75) is 24.8 Å². The maximum atomic E-state index is 12.8. The molecule has 2 aromatic heterocycles.